The van der Waals surface area contributed by atoms with Gasteiger partial charge in [-0.3, -0.25) is 15.0 Å². The molecular weight excluding hydrogens is 392 g/mol. The highest BCUT2D eigenvalue weighted by atomic mass is 16.3. The van der Waals surface area contributed by atoms with Gasteiger partial charge in [0.1, 0.15) is 11.9 Å². The van der Waals surface area contributed by atoms with E-state index in [0.717, 1.165) is 0 Å². The van der Waals surface area contributed by atoms with Gasteiger partial charge in [-0.2, -0.15) is 0 Å². The van der Waals surface area contributed by atoms with Gasteiger partial charge in [0.25, 0.3) is 11.8 Å². The topological polar surface area (TPSA) is 128 Å². The minimum absolute atomic E-state index is 0.148. The van der Waals surface area contributed by atoms with Gasteiger partial charge in [0, 0.05) is 16.8 Å². The molecule has 0 aliphatic rings. The molecule has 3 aromatic rings. The van der Waals surface area contributed by atoms with Crippen LogP contribution < -0.4 is 16.4 Å². The minimum atomic E-state index is -0.954. The summed E-state index contributed by atoms with van der Waals surface area (Å²) < 4.78 is 0. The molecule has 0 saturated heterocycles. The Kier molecular flexibility index (Phi) is 6.79. The summed E-state index contributed by atoms with van der Waals surface area (Å²) in [6.45, 7) is 1.64. The second-order valence-electron chi connectivity index (χ2n) is 7.10. The van der Waals surface area contributed by atoms with Gasteiger partial charge in [-0.05, 0) is 42.3 Å². The van der Waals surface area contributed by atoms with Crippen LogP contribution in [0, 0.1) is 5.41 Å². The Morgan fingerprint density at radius 1 is 0.903 bits per heavy atom. The Morgan fingerprint density at radius 3 is 2.23 bits per heavy atom. The van der Waals surface area contributed by atoms with Crippen molar-refractivity contribution in [1.82, 2.24) is 5.32 Å². The number of aliphatic hydroxyl groups excluding tert-OH is 1. The van der Waals surface area contributed by atoms with Crippen molar-refractivity contribution in [1.29, 1.82) is 5.41 Å². The SMILES string of the molecule is CC(O)c1cccc(NC(=O)[C@H](NC(=O)c2cccc(C(=N)N)c2)c2ccccc2)c1. The van der Waals surface area contributed by atoms with Crippen LogP contribution in [-0.4, -0.2) is 22.8 Å². The molecule has 0 aliphatic carbocycles. The molecule has 0 bridgehead atoms. The number of rotatable bonds is 7. The molecule has 7 nitrogen and oxygen atoms in total. The van der Waals surface area contributed by atoms with Crippen LogP contribution >= 0.6 is 0 Å². The van der Waals surface area contributed by atoms with Gasteiger partial charge in [0.05, 0.1) is 6.10 Å². The molecule has 3 rings (SSSR count). The van der Waals surface area contributed by atoms with Crippen molar-refractivity contribution in [2.75, 3.05) is 5.32 Å². The van der Waals surface area contributed by atoms with E-state index in [1.165, 1.54) is 6.07 Å². The van der Waals surface area contributed by atoms with Crippen LogP contribution in [0.2, 0.25) is 0 Å². The third-order valence-electron chi connectivity index (χ3n) is 4.74. The zero-order valence-corrected chi connectivity index (χ0v) is 17.0. The van der Waals surface area contributed by atoms with E-state index < -0.39 is 24.0 Å². The summed E-state index contributed by atoms with van der Waals surface area (Å²) in [4.78, 5) is 26.0. The Morgan fingerprint density at radius 2 is 1.55 bits per heavy atom. The van der Waals surface area contributed by atoms with E-state index in [4.69, 9.17) is 11.1 Å². The highest BCUT2D eigenvalue weighted by molar-refractivity contribution is 6.03. The van der Waals surface area contributed by atoms with Crippen molar-refractivity contribution in [3.8, 4) is 0 Å². The maximum absolute atomic E-state index is 13.1. The van der Waals surface area contributed by atoms with Crippen molar-refractivity contribution in [2.45, 2.75) is 19.1 Å². The predicted octanol–water partition coefficient (Wildman–Crippen LogP) is 3.13. The van der Waals surface area contributed by atoms with Crippen LogP contribution in [0.1, 0.15) is 46.1 Å². The number of amides is 2. The van der Waals surface area contributed by atoms with E-state index >= 15 is 0 Å². The Balaban J connectivity index is 1.86. The van der Waals surface area contributed by atoms with Crippen molar-refractivity contribution in [3.05, 3.63) is 101 Å². The molecule has 0 aromatic heterocycles. The van der Waals surface area contributed by atoms with Gasteiger partial charge >= 0.3 is 0 Å². The molecule has 0 aliphatic heterocycles. The van der Waals surface area contributed by atoms with Crippen molar-refractivity contribution in [2.24, 2.45) is 5.73 Å². The number of nitrogens with one attached hydrogen (secondary N) is 3. The lowest BCUT2D eigenvalue weighted by atomic mass is 10.0. The van der Waals surface area contributed by atoms with E-state index in [9.17, 15) is 14.7 Å². The highest BCUT2D eigenvalue weighted by Gasteiger charge is 2.24. The average Bonchev–Trinajstić information content (AvgIpc) is 2.78. The normalized spacial score (nSPS) is 12.5. The molecule has 6 N–H and O–H groups in total. The Labute approximate surface area is 180 Å². The van der Waals surface area contributed by atoms with E-state index in [0.29, 0.717) is 22.4 Å². The molecule has 31 heavy (non-hydrogen) atoms. The van der Waals surface area contributed by atoms with E-state index in [-0.39, 0.29) is 11.4 Å². The summed E-state index contributed by atoms with van der Waals surface area (Å²) in [5.41, 5.74) is 8.01. The van der Waals surface area contributed by atoms with E-state index in [1.54, 1.807) is 73.7 Å². The number of anilines is 1. The lowest BCUT2D eigenvalue weighted by Crippen LogP contribution is -2.37. The molecule has 7 heteroatoms. The molecule has 2 amide bonds. The molecule has 0 spiro atoms. The summed E-state index contributed by atoms with van der Waals surface area (Å²) in [7, 11) is 0. The Bertz CT molecular complexity index is 1100. The molecule has 0 radical (unpaired) electrons. The zero-order valence-electron chi connectivity index (χ0n) is 17.0. The van der Waals surface area contributed by atoms with Crippen LogP contribution in [0.4, 0.5) is 5.69 Å². The maximum Gasteiger partial charge on any atom is 0.252 e. The first-order valence-electron chi connectivity index (χ1n) is 9.74. The monoisotopic (exact) mass is 416 g/mol. The molecule has 0 saturated carbocycles. The number of carbonyl (C=O) groups is 2. The molecule has 1 unspecified atom stereocenters. The van der Waals surface area contributed by atoms with Crippen molar-refractivity contribution >= 4 is 23.3 Å². The fourth-order valence-electron chi connectivity index (χ4n) is 3.08. The molecule has 0 fully saturated rings. The van der Waals surface area contributed by atoms with Crippen molar-refractivity contribution in [3.63, 3.8) is 0 Å². The molecule has 158 valence electrons. The largest absolute Gasteiger partial charge is 0.389 e. The van der Waals surface area contributed by atoms with Gasteiger partial charge in [0.15, 0.2) is 0 Å². The summed E-state index contributed by atoms with van der Waals surface area (Å²) in [6, 6.07) is 21.2. The fourth-order valence-corrected chi connectivity index (χ4v) is 3.08. The first kappa shape index (κ1) is 21.7. The number of benzene rings is 3. The zero-order chi connectivity index (χ0) is 22.4. The van der Waals surface area contributed by atoms with Gasteiger partial charge < -0.3 is 21.5 Å². The van der Waals surface area contributed by atoms with Crippen LogP contribution in [0.3, 0.4) is 0 Å². The summed E-state index contributed by atoms with van der Waals surface area (Å²) >= 11 is 0. The second kappa shape index (κ2) is 9.69. The second-order valence-corrected chi connectivity index (χ2v) is 7.10. The lowest BCUT2D eigenvalue weighted by Gasteiger charge is -2.19. The molecule has 3 aromatic carbocycles. The van der Waals surface area contributed by atoms with Gasteiger partial charge in [-0.1, -0.05) is 54.6 Å². The fraction of sp³-hybridized carbons (Fsp3) is 0.125. The first-order valence-corrected chi connectivity index (χ1v) is 9.74. The number of nitrogens with two attached hydrogens (primary N) is 1. The third-order valence-corrected chi connectivity index (χ3v) is 4.74. The lowest BCUT2D eigenvalue weighted by molar-refractivity contribution is -0.118. The number of amidine groups is 1. The average molecular weight is 416 g/mol. The predicted molar refractivity (Wildman–Crippen MR) is 120 cm³/mol. The number of nitrogen functional groups attached to an aromatic ring is 1. The summed E-state index contributed by atoms with van der Waals surface area (Å²) in [5, 5.41) is 22.9. The quantitative estimate of drug-likeness (QED) is 0.299. The summed E-state index contributed by atoms with van der Waals surface area (Å²) in [5.74, 6) is -1.04. The minimum Gasteiger partial charge on any atom is -0.389 e. The van der Waals surface area contributed by atoms with Crippen LogP contribution in [0.5, 0.6) is 0 Å². The Hall–Kier alpha value is -3.97. The highest BCUT2D eigenvalue weighted by Crippen LogP contribution is 2.20. The third kappa shape index (κ3) is 5.55. The molecular formula is C24H24N4O3. The maximum atomic E-state index is 13.1. The van der Waals surface area contributed by atoms with Gasteiger partial charge in [-0.15, -0.1) is 0 Å². The van der Waals surface area contributed by atoms with E-state index in [2.05, 4.69) is 10.6 Å². The molecule has 2 atom stereocenters. The number of hydrogen-bond acceptors (Lipinski definition) is 4. The standard InChI is InChI=1S/C24H24N4O3/c1-15(29)17-9-6-12-20(14-17)27-24(31)21(16-7-3-2-4-8-16)28-23(30)19-11-5-10-18(13-19)22(25)26/h2-15,21,29H,1H3,(H3,25,26)(H,27,31)(H,28,30)/t15?,21-/m1/s1. The van der Waals surface area contributed by atoms with Gasteiger partial charge in [-0.25, -0.2) is 0 Å². The molecule has 0 heterocycles. The van der Waals surface area contributed by atoms with Gasteiger partial charge in [0.2, 0.25) is 0 Å². The number of hydrogen-bond donors (Lipinski definition) is 5. The first-order chi connectivity index (χ1) is 14.8. The summed E-state index contributed by atoms with van der Waals surface area (Å²) in [6.07, 6.45) is -0.671. The van der Waals surface area contributed by atoms with E-state index in [1.807, 2.05) is 6.07 Å². The van der Waals surface area contributed by atoms with Crippen molar-refractivity contribution < 1.29 is 14.7 Å². The smallest absolute Gasteiger partial charge is 0.252 e. The van der Waals surface area contributed by atoms with Crippen LogP contribution in [0.15, 0.2) is 78.9 Å². The number of carbonyl (C=O) groups excluding carboxylic acids is 2. The number of aliphatic hydroxyl groups is 1. The van der Waals surface area contributed by atoms with Crippen LogP contribution in [-0.2, 0) is 4.79 Å². The van der Waals surface area contributed by atoms with Crippen LogP contribution in [0.25, 0.3) is 0 Å².